The van der Waals surface area contributed by atoms with E-state index in [0.29, 0.717) is 12.3 Å². The van der Waals surface area contributed by atoms with E-state index >= 15 is 0 Å². The van der Waals surface area contributed by atoms with Crippen LogP contribution in [0.15, 0.2) is 0 Å². The largest absolute Gasteiger partial charge is 0.481 e. The molecule has 1 N–H and O–H groups in total. The molecule has 11 heavy (non-hydrogen) atoms. The van der Waals surface area contributed by atoms with Crippen LogP contribution in [0.3, 0.4) is 0 Å². The zero-order chi connectivity index (χ0) is 7.84. The highest BCUT2D eigenvalue weighted by atomic mass is 16.4. The topological polar surface area (TPSA) is 37.3 Å². The summed E-state index contributed by atoms with van der Waals surface area (Å²) < 4.78 is 0. The van der Waals surface area contributed by atoms with Crippen LogP contribution in [0.25, 0.3) is 0 Å². The summed E-state index contributed by atoms with van der Waals surface area (Å²) in [6.45, 7) is 0. The molecule has 2 fully saturated rings. The monoisotopic (exact) mass is 154 g/mol. The van der Waals surface area contributed by atoms with Crippen molar-refractivity contribution in [2.75, 3.05) is 0 Å². The second-order valence-corrected chi connectivity index (χ2v) is 4.03. The Balaban J connectivity index is 1.92. The fraction of sp³-hybridized carbons (Fsp3) is 0.889. The van der Waals surface area contributed by atoms with Crippen LogP contribution in [0.4, 0.5) is 0 Å². The molecule has 0 amide bonds. The Hall–Kier alpha value is -0.530. The molecule has 0 aromatic heterocycles. The van der Waals surface area contributed by atoms with E-state index in [1.54, 1.807) is 0 Å². The van der Waals surface area contributed by atoms with E-state index in [1.165, 1.54) is 25.7 Å². The maximum Gasteiger partial charge on any atom is 0.303 e. The summed E-state index contributed by atoms with van der Waals surface area (Å²) >= 11 is 0. The highest BCUT2D eigenvalue weighted by Gasteiger charge is 2.39. The van der Waals surface area contributed by atoms with Crippen LogP contribution in [0.2, 0.25) is 0 Å². The Morgan fingerprint density at radius 2 is 2.18 bits per heavy atom. The van der Waals surface area contributed by atoms with E-state index in [0.717, 1.165) is 11.8 Å². The summed E-state index contributed by atoms with van der Waals surface area (Å²) in [5.41, 5.74) is 0. The SMILES string of the molecule is O=C(O)C[C@H]1C[C@H]2CC[C@@H]1C2. The second kappa shape index (κ2) is 2.50. The Morgan fingerprint density at radius 1 is 1.36 bits per heavy atom. The standard InChI is InChI=1S/C9H14O2/c10-9(11)5-8-4-6-1-2-7(8)3-6/h6-8H,1-5H2,(H,10,11)/t6-,7+,8+/m0/s1. The Morgan fingerprint density at radius 3 is 2.64 bits per heavy atom. The van der Waals surface area contributed by atoms with E-state index in [2.05, 4.69) is 0 Å². The first-order chi connectivity index (χ1) is 5.25. The molecule has 2 heteroatoms. The molecule has 0 aliphatic heterocycles. The molecule has 0 aromatic carbocycles. The van der Waals surface area contributed by atoms with Crippen molar-refractivity contribution in [1.82, 2.24) is 0 Å². The van der Waals surface area contributed by atoms with E-state index in [1.807, 2.05) is 0 Å². The fourth-order valence-corrected chi connectivity index (χ4v) is 2.85. The van der Waals surface area contributed by atoms with Gasteiger partial charge in [-0.1, -0.05) is 6.42 Å². The minimum Gasteiger partial charge on any atom is -0.481 e. The van der Waals surface area contributed by atoms with Crippen LogP contribution in [-0.4, -0.2) is 11.1 Å². The normalized spacial score (nSPS) is 41.3. The molecule has 0 radical (unpaired) electrons. The first-order valence-electron chi connectivity index (χ1n) is 4.47. The van der Waals surface area contributed by atoms with Gasteiger partial charge in [-0.2, -0.15) is 0 Å². The summed E-state index contributed by atoms with van der Waals surface area (Å²) in [6, 6.07) is 0. The van der Waals surface area contributed by atoms with Crippen LogP contribution in [0.5, 0.6) is 0 Å². The first-order valence-corrected chi connectivity index (χ1v) is 4.47. The van der Waals surface area contributed by atoms with Gasteiger partial charge in [-0.3, -0.25) is 4.79 Å². The number of aliphatic carboxylic acids is 1. The second-order valence-electron chi connectivity index (χ2n) is 4.03. The number of rotatable bonds is 2. The number of hydrogen-bond donors (Lipinski definition) is 1. The Kier molecular flexibility index (Phi) is 1.63. The number of carboxylic acid groups (broad SMARTS) is 1. The van der Waals surface area contributed by atoms with Crippen molar-refractivity contribution in [3.63, 3.8) is 0 Å². The van der Waals surface area contributed by atoms with Crippen molar-refractivity contribution in [3.05, 3.63) is 0 Å². The first kappa shape index (κ1) is 7.14. The molecular formula is C9H14O2. The molecule has 0 saturated heterocycles. The molecule has 2 aliphatic rings. The van der Waals surface area contributed by atoms with Crippen molar-refractivity contribution in [3.8, 4) is 0 Å². The van der Waals surface area contributed by atoms with Gasteiger partial charge in [0.2, 0.25) is 0 Å². The maximum atomic E-state index is 10.4. The zero-order valence-electron chi connectivity index (χ0n) is 6.62. The van der Waals surface area contributed by atoms with Gasteiger partial charge >= 0.3 is 5.97 Å². The summed E-state index contributed by atoms with van der Waals surface area (Å²) in [7, 11) is 0. The maximum absolute atomic E-state index is 10.4. The van der Waals surface area contributed by atoms with Crippen LogP contribution in [0.1, 0.15) is 32.1 Å². The minimum atomic E-state index is -0.609. The molecule has 2 saturated carbocycles. The molecule has 2 aliphatic carbocycles. The third-order valence-corrected chi connectivity index (χ3v) is 3.32. The van der Waals surface area contributed by atoms with Crippen molar-refractivity contribution >= 4 is 5.97 Å². The predicted octanol–water partition coefficient (Wildman–Crippen LogP) is 1.90. The lowest BCUT2D eigenvalue weighted by atomic mass is 9.86. The van der Waals surface area contributed by atoms with Crippen LogP contribution in [-0.2, 0) is 4.79 Å². The van der Waals surface area contributed by atoms with E-state index in [-0.39, 0.29) is 0 Å². The third kappa shape index (κ3) is 1.26. The van der Waals surface area contributed by atoms with Crippen molar-refractivity contribution in [2.45, 2.75) is 32.1 Å². The van der Waals surface area contributed by atoms with Gasteiger partial charge in [0.25, 0.3) is 0 Å². The van der Waals surface area contributed by atoms with Crippen molar-refractivity contribution in [2.24, 2.45) is 17.8 Å². The number of fused-ring (bicyclic) bond motifs is 2. The molecule has 2 nitrogen and oxygen atoms in total. The summed E-state index contributed by atoms with van der Waals surface area (Å²) in [5, 5.41) is 8.60. The fourth-order valence-electron chi connectivity index (χ4n) is 2.85. The third-order valence-electron chi connectivity index (χ3n) is 3.32. The lowest BCUT2D eigenvalue weighted by molar-refractivity contribution is -0.138. The summed E-state index contributed by atoms with van der Waals surface area (Å²) in [6.07, 6.45) is 5.58. The molecule has 0 heterocycles. The quantitative estimate of drug-likeness (QED) is 0.659. The van der Waals surface area contributed by atoms with Gasteiger partial charge in [-0.15, -0.1) is 0 Å². The smallest absolute Gasteiger partial charge is 0.303 e. The molecule has 0 unspecified atom stereocenters. The van der Waals surface area contributed by atoms with Crippen LogP contribution >= 0.6 is 0 Å². The van der Waals surface area contributed by atoms with Crippen LogP contribution in [0, 0.1) is 17.8 Å². The van der Waals surface area contributed by atoms with Gasteiger partial charge in [-0.05, 0) is 37.0 Å². The molecule has 2 rings (SSSR count). The van der Waals surface area contributed by atoms with Gasteiger partial charge in [0, 0.05) is 6.42 Å². The lowest BCUT2D eigenvalue weighted by Crippen LogP contribution is -2.14. The zero-order valence-corrected chi connectivity index (χ0v) is 6.62. The molecule has 2 bridgehead atoms. The summed E-state index contributed by atoms with van der Waals surface area (Å²) in [5.74, 6) is 1.55. The number of hydrogen-bond acceptors (Lipinski definition) is 1. The lowest BCUT2D eigenvalue weighted by Gasteiger charge is -2.18. The molecular weight excluding hydrogens is 140 g/mol. The summed E-state index contributed by atoms with van der Waals surface area (Å²) in [4.78, 5) is 10.4. The van der Waals surface area contributed by atoms with Crippen molar-refractivity contribution in [1.29, 1.82) is 0 Å². The highest BCUT2D eigenvalue weighted by molar-refractivity contribution is 5.67. The van der Waals surface area contributed by atoms with Gasteiger partial charge in [-0.25, -0.2) is 0 Å². The number of carbonyl (C=O) groups is 1. The Labute approximate surface area is 66.6 Å². The molecule has 3 atom stereocenters. The van der Waals surface area contributed by atoms with Gasteiger partial charge < -0.3 is 5.11 Å². The van der Waals surface area contributed by atoms with Crippen LogP contribution < -0.4 is 0 Å². The predicted molar refractivity (Wildman–Crippen MR) is 41.2 cm³/mol. The molecule has 62 valence electrons. The average molecular weight is 154 g/mol. The number of carboxylic acids is 1. The van der Waals surface area contributed by atoms with E-state index in [4.69, 9.17) is 5.11 Å². The van der Waals surface area contributed by atoms with Gasteiger partial charge in [0.15, 0.2) is 0 Å². The van der Waals surface area contributed by atoms with E-state index < -0.39 is 5.97 Å². The Bertz CT molecular complexity index is 176. The van der Waals surface area contributed by atoms with E-state index in [9.17, 15) is 4.79 Å². The van der Waals surface area contributed by atoms with Gasteiger partial charge in [0.05, 0.1) is 0 Å². The molecule has 0 spiro atoms. The minimum absolute atomic E-state index is 0.418. The average Bonchev–Trinajstić information content (AvgIpc) is 2.45. The van der Waals surface area contributed by atoms with Gasteiger partial charge in [0.1, 0.15) is 0 Å². The van der Waals surface area contributed by atoms with Crippen molar-refractivity contribution < 1.29 is 9.90 Å². The highest BCUT2D eigenvalue weighted by Crippen LogP contribution is 2.49. The molecule has 0 aromatic rings.